The lowest BCUT2D eigenvalue weighted by Crippen LogP contribution is -2.40. The van der Waals surface area contributed by atoms with Crippen molar-refractivity contribution in [2.24, 2.45) is 11.8 Å². The van der Waals surface area contributed by atoms with Crippen molar-refractivity contribution < 1.29 is 13.2 Å². The molecule has 0 aromatic carbocycles. The van der Waals surface area contributed by atoms with Gasteiger partial charge in [-0.3, -0.25) is 0 Å². The predicted octanol–water partition coefficient (Wildman–Crippen LogP) is 3.67. The highest BCUT2D eigenvalue weighted by atomic mass is 32.1. The topological polar surface area (TPSA) is 53.1 Å². The highest BCUT2D eigenvalue weighted by Gasteiger charge is 2.35. The molecule has 0 aliphatic carbocycles. The van der Waals surface area contributed by atoms with E-state index in [0.717, 1.165) is 12.5 Å². The maximum absolute atomic E-state index is 13.2. The quantitative estimate of drug-likeness (QED) is 0.786. The zero-order valence-electron chi connectivity index (χ0n) is 14.8. The fraction of sp³-hybridized carbons (Fsp3) is 0.688. The Labute approximate surface area is 151 Å². The average molecular weight is 375 g/mol. The molecule has 1 aliphatic rings. The van der Waals surface area contributed by atoms with Gasteiger partial charge in [0.05, 0.1) is 0 Å². The Kier molecular flexibility index (Phi) is 6.08. The van der Waals surface area contributed by atoms with Crippen LogP contribution in [0.15, 0.2) is 6.07 Å². The number of hydrogen-bond donors (Lipinski definition) is 2. The summed E-state index contributed by atoms with van der Waals surface area (Å²) < 4.78 is 39.7. The first-order valence-electron chi connectivity index (χ1n) is 8.33. The van der Waals surface area contributed by atoms with Crippen LogP contribution in [-0.4, -0.2) is 34.2 Å². The summed E-state index contributed by atoms with van der Waals surface area (Å²) in [6, 6.07) is 1.06. The number of thiocarbonyl (C=S) groups is 1. The van der Waals surface area contributed by atoms with E-state index in [0.29, 0.717) is 24.9 Å². The number of aromatic nitrogens is 2. The van der Waals surface area contributed by atoms with Gasteiger partial charge in [-0.15, -0.1) is 0 Å². The number of piperidine rings is 1. The first kappa shape index (κ1) is 19.7. The van der Waals surface area contributed by atoms with Crippen LogP contribution in [0.5, 0.6) is 0 Å². The van der Waals surface area contributed by atoms with Crippen molar-refractivity contribution in [3.63, 3.8) is 0 Å². The van der Waals surface area contributed by atoms with Crippen LogP contribution in [0.4, 0.5) is 24.9 Å². The minimum Gasteiger partial charge on any atom is -0.360 e. The SMILES string of the molecule is CC(C)NC(=S)Nc1nc(N2C[C@H](C)C[C@H](C)C2)cc(C(F)(F)F)n1. The van der Waals surface area contributed by atoms with Gasteiger partial charge in [-0.2, -0.15) is 18.2 Å². The van der Waals surface area contributed by atoms with Gasteiger partial charge in [0.1, 0.15) is 5.82 Å². The third kappa shape index (κ3) is 5.69. The molecule has 0 spiro atoms. The van der Waals surface area contributed by atoms with E-state index >= 15 is 0 Å². The van der Waals surface area contributed by atoms with Gasteiger partial charge in [-0.1, -0.05) is 13.8 Å². The van der Waals surface area contributed by atoms with E-state index in [-0.39, 0.29) is 22.9 Å². The molecule has 0 amide bonds. The molecule has 2 atom stereocenters. The lowest BCUT2D eigenvalue weighted by Gasteiger charge is -2.36. The van der Waals surface area contributed by atoms with E-state index in [9.17, 15) is 13.2 Å². The molecule has 1 aromatic rings. The van der Waals surface area contributed by atoms with Gasteiger partial charge in [0, 0.05) is 25.2 Å². The van der Waals surface area contributed by atoms with Crippen LogP contribution < -0.4 is 15.5 Å². The molecule has 1 aromatic heterocycles. The van der Waals surface area contributed by atoms with Gasteiger partial charge in [-0.25, -0.2) is 4.98 Å². The molecule has 1 saturated heterocycles. The second kappa shape index (κ2) is 7.72. The fourth-order valence-corrected chi connectivity index (χ4v) is 3.37. The molecule has 0 bridgehead atoms. The summed E-state index contributed by atoms with van der Waals surface area (Å²) in [6.45, 7) is 9.29. The first-order valence-corrected chi connectivity index (χ1v) is 8.74. The second-order valence-electron chi connectivity index (χ2n) is 7.04. The summed E-state index contributed by atoms with van der Waals surface area (Å²) in [6.07, 6.45) is -3.49. The van der Waals surface area contributed by atoms with E-state index in [1.807, 2.05) is 18.7 Å². The molecule has 0 saturated carbocycles. The molecular formula is C16H24F3N5S. The average Bonchev–Trinajstić information content (AvgIpc) is 2.43. The number of rotatable bonds is 3. The lowest BCUT2D eigenvalue weighted by molar-refractivity contribution is -0.141. The van der Waals surface area contributed by atoms with Crippen LogP contribution in [0.2, 0.25) is 0 Å². The molecule has 2 rings (SSSR count). The van der Waals surface area contributed by atoms with E-state index in [2.05, 4.69) is 34.4 Å². The predicted molar refractivity (Wildman–Crippen MR) is 96.7 cm³/mol. The molecule has 25 heavy (non-hydrogen) atoms. The van der Waals surface area contributed by atoms with Gasteiger partial charge in [0.25, 0.3) is 0 Å². The van der Waals surface area contributed by atoms with Crippen molar-refractivity contribution in [3.8, 4) is 0 Å². The molecule has 5 nitrogen and oxygen atoms in total. The zero-order chi connectivity index (χ0) is 18.8. The monoisotopic (exact) mass is 375 g/mol. The molecule has 1 fully saturated rings. The minimum atomic E-state index is -4.55. The van der Waals surface area contributed by atoms with Crippen LogP contribution in [0.3, 0.4) is 0 Å². The highest BCUT2D eigenvalue weighted by Crippen LogP contribution is 2.32. The van der Waals surface area contributed by atoms with E-state index in [1.54, 1.807) is 0 Å². The van der Waals surface area contributed by atoms with Crippen molar-refractivity contribution in [2.45, 2.75) is 46.3 Å². The van der Waals surface area contributed by atoms with E-state index in [4.69, 9.17) is 12.2 Å². The van der Waals surface area contributed by atoms with Gasteiger partial charge in [-0.05, 0) is 44.3 Å². The third-order valence-corrected chi connectivity index (χ3v) is 4.06. The van der Waals surface area contributed by atoms with Crippen molar-refractivity contribution >= 4 is 29.1 Å². The third-order valence-electron chi connectivity index (χ3n) is 3.84. The normalized spacial score (nSPS) is 21.4. The summed E-state index contributed by atoms with van der Waals surface area (Å²) in [5, 5.41) is 5.76. The maximum atomic E-state index is 13.2. The Morgan fingerprint density at radius 3 is 2.36 bits per heavy atom. The van der Waals surface area contributed by atoms with Crippen LogP contribution >= 0.6 is 12.2 Å². The van der Waals surface area contributed by atoms with Gasteiger partial charge in [0.2, 0.25) is 5.95 Å². The summed E-state index contributed by atoms with van der Waals surface area (Å²) in [5.74, 6) is 0.922. The van der Waals surface area contributed by atoms with Crippen molar-refractivity contribution in [1.29, 1.82) is 0 Å². The Hall–Kier alpha value is -1.64. The smallest absolute Gasteiger partial charge is 0.360 e. The minimum absolute atomic E-state index is 0.0501. The molecule has 1 aliphatic heterocycles. The summed E-state index contributed by atoms with van der Waals surface area (Å²) >= 11 is 5.09. The van der Waals surface area contributed by atoms with Gasteiger partial charge in [0.15, 0.2) is 10.8 Å². The second-order valence-corrected chi connectivity index (χ2v) is 7.45. The molecule has 0 radical (unpaired) electrons. The van der Waals surface area contributed by atoms with Crippen LogP contribution in [-0.2, 0) is 6.18 Å². The zero-order valence-corrected chi connectivity index (χ0v) is 15.6. The molecule has 2 heterocycles. The van der Waals surface area contributed by atoms with E-state index < -0.39 is 11.9 Å². The summed E-state index contributed by atoms with van der Waals surface area (Å²) in [4.78, 5) is 9.74. The van der Waals surface area contributed by atoms with Crippen molar-refractivity contribution in [3.05, 3.63) is 11.8 Å². The van der Waals surface area contributed by atoms with Crippen molar-refractivity contribution in [2.75, 3.05) is 23.3 Å². The van der Waals surface area contributed by atoms with Crippen molar-refractivity contribution in [1.82, 2.24) is 15.3 Å². The Bertz CT molecular complexity index is 610. The lowest BCUT2D eigenvalue weighted by atomic mass is 9.92. The number of nitrogens with one attached hydrogen (secondary N) is 2. The largest absolute Gasteiger partial charge is 0.433 e. The molecule has 0 unspecified atom stereocenters. The highest BCUT2D eigenvalue weighted by molar-refractivity contribution is 7.80. The molecule has 2 N–H and O–H groups in total. The summed E-state index contributed by atoms with van der Waals surface area (Å²) in [5.41, 5.74) is -0.974. The number of alkyl halides is 3. The number of hydrogen-bond acceptors (Lipinski definition) is 4. The number of anilines is 2. The standard InChI is InChI=1S/C16H24F3N5S/c1-9(2)20-15(25)23-14-21-12(16(17,18)19)6-13(22-14)24-7-10(3)5-11(4)8-24/h6,9-11H,5,7-8H2,1-4H3,(H2,20,21,22,23,25)/t10-,11+. The summed E-state index contributed by atoms with van der Waals surface area (Å²) in [7, 11) is 0. The molecular weight excluding hydrogens is 351 g/mol. The van der Waals surface area contributed by atoms with Gasteiger partial charge >= 0.3 is 6.18 Å². The Balaban J connectivity index is 2.32. The Morgan fingerprint density at radius 1 is 1.24 bits per heavy atom. The Morgan fingerprint density at radius 2 is 1.84 bits per heavy atom. The van der Waals surface area contributed by atoms with Crippen LogP contribution in [0.1, 0.15) is 39.8 Å². The molecule has 140 valence electrons. The van der Waals surface area contributed by atoms with Gasteiger partial charge < -0.3 is 15.5 Å². The number of halogens is 3. The van der Waals surface area contributed by atoms with Crippen LogP contribution in [0, 0.1) is 11.8 Å². The number of nitrogens with zero attached hydrogens (tertiary/aromatic N) is 3. The maximum Gasteiger partial charge on any atom is 0.433 e. The molecule has 9 heteroatoms. The van der Waals surface area contributed by atoms with E-state index in [1.165, 1.54) is 0 Å². The van der Waals surface area contributed by atoms with Crippen LogP contribution in [0.25, 0.3) is 0 Å². The first-order chi connectivity index (χ1) is 11.5. The fourth-order valence-electron chi connectivity index (χ4n) is 3.05.